The van der Waals surface area contributed by atoms with E-state index in [1.54, 1.807) is 17.0 Å². The molecule has 27 heavy (non-hydrogen) atoms. The quantitative estimate of drug-likeness (QED) is 0.597. The molecule has 0 unspecified atom stereocenters. The largest absolute Gasteiger partial charge is 0.340 e. The summed E-state index contributed by atoms with van der Waals surface area (Å²) in [5.74, 6) is 0.733. The number of pyridine rings is 2. The second kappa shape index (κ2) is 6.23. The molecule has 1 fully saturated rings. The number of aryl methyl sites for hydroxylation is 1. The first-order valence-electron chi connectivity index (χ1n) is 9.40. The van der Waals surface area contributed by atoms with Gasteiger partial charge < -0.3 is 5.32 Å². The van der Waals surface area contributed by atoms with Gasteiger partial charge in [0.25, 0.3) is 0 Å². The van der Waals surface area contributed by atoms with E-state index in [0.29, 0.717) is 6.04 Å². The van der Waals surface area contributed by atoms with Crippen LogP contribution < -0.4 is 11.0 Å². The fraction of sp³-hybridized carbons (Fsp3) is 0.286. The van der Waals surface area contributed by atoms with Gasteiger partial charge in [0.05, 0.1) is 22.7 Å². The molecule has 3 heterocycles. The molecule has 0 spiro atoms. The predicted molar refractivity (Wildman–Crippen MR) is 108 cm³/mol. The molecule has 5 rings (SSSR count). The van der Waals surface area contributed by atoms with E-state index in [0.717, 1.165) is 46.3 Å². The van der Waals surface area contributed by atoms with Gasteiger partial charge in [0.1, 0.15) is 5.82 Å². The maximum absolute atomic E-state index is 12.8. The number of hydrogen-bond acceptors (Lipinski definition) is 4. The molecule has 136 valence electrons. The third-order valence-corrected chi connectivity index (χ3v) is 5.57. The summed E-state index contributed by atoms with van der Waals surface area (Å²) in [6.07, 6.45) is 8.09. The van der Waals surface area contributed by atoms with Crippen LogP contribution in [0.5, 0.6) is 0 Å². The summed E-state index contributed by atoms with van der Waals surface area (Å²) in [6.45, 7) is 0. The summed E-state index contributed by atoms with van der Waals surface area (Å²) in [6, 6.07) is 12.2. The summed E-state index contributed by atoms with van der Waals surface area (Å²) < 4.78 is 3.66. The Bertz CT molecular complexity index is 1200. The zero-order chi connectivity index (χ0) is 18.4. The van der Waals surface area contributed by atoms with E-state index >= 15 is 0 Å². The third kappa shape index (κ3) is 2.60. The van der Waals surface area contributed by atoms with E-state index in [1.165, 1.54) is 12.8 Å². The lowest BCUT2D eigenvalue weighted by atomic mass is 10.2. The Morgan fingerprint density at radius 3 is 2.78 bits per heavy atom. The van der Waals surface area contributed by atoms with Crippen LogP contribution in [0.15, 0.2) is 53.6 Å². The lowest BCUT2D eigenvalue weighted by Crippen LogP contribution is -2.24. The molecule has 6 nitrogen and oxygen atoms in total. The van der Waals surface area contributed by atoms with Crippen molar-refractivity contribution in [1.29, 1.82) is 0 Å². The summed E-state index contributed by atoms with van der Waals surface area (Å²) in [5.41, 5.74) is 3.76. The van der Waals surface area contributed by atoms with Crippen molar-refractivity contribution in [2.75, 3.05) is 5.32 Å². The number of benzene rings is 1. The van der Waals surface area contributed by atoms with E-state index in [2.05, 4.69) is 15.3 Å². The second-order valence-corrected chi connectivity index (χ2v) is 7.21. The molecule has 1 aromatic carbocycles. The highest BCUT2D eigenvalue weighted by atomic mass is 16.1. The minimum atomic E-state index is 0.0465. The van der Waals surface area contributed by atoms with E-state index in [-0.39, 0.29) is 5.69 Å². The number of aromatic nitrogens is 4. The van der Waals surface area contributed by atoms with Crippen LogP contribution in [0.1, 0.15) is 31.7 Å². The van der Waals surface area contributed by atoms with E-state index < -0.39 is 0 Å². The molecule has 1 saturated carbocycles. The number of rotatable bonds is 3. The molecule has 3 aromatic heterocycles. The summed E-state index contributed by atoms with van der Waals surface area (Å²) in [4.78, 5) is 21.7. The molecule has 0 aliphatic heterocycles. The lowest BCUT2D eigenvalue weighted by molar-refractivity contribution is 0.509. The Morgan fingerprint density at radius 1 is 1.07 bits per heavy atom. The average molecular weight is 359 g/mol. The number of nitrogens with one attached hydrogen (secondary N) is 1. The minimum Gasteiger partial charge on any atom is -0.340 e. The standard InChI is InChI=1S/C21H21N5O/c1-25-19-13-23-20(12-18(19)26(21(25)27)14-6-2-3-7-14)24-17-10-4-9-16-15(17)8-5-11-22-16/h4-5,8-14H,2-3,6-7H2,1H3,(H,23,24). The van der Waals surface area contributed by atoms with Gasteiger partial charge in [0.15, 0.2) is 0 Å². The number of anilines is 2. The first kappa shape index (κ1) is 16.1. The van der Waals surface area contributed by atoms with Crippen molar-refractivity contribution in [2.24, 2.45) is 7.05 Å². The first-order valence-corrected chi connectivity index (χ1v) is 9.40. The molecule has 0 atom stereocenters. The van der Waals surface area contributed by atoms with Gasteiger partial charge in [-0.1, -0.05) is 18.9 Å². The van der Waals surface area contributed by atoms with E-state index in [1.807, 2.05) is 48.0 Å². The van der Waals surface area contributed by atoms with Gasteiger partial charge in [0.2, 0.25) is 0 Å². The molecule has 0 bridgehead atoms. The van der Waals surface area contributed by atoms with E-state index in [4.69, 9.17) is 0 Å². The smallest absolute Gasteiger partial charge is 0.329 e. The summed E-state index contributed by atoms with van der Waals surface area (Å²) in [5, 5.41) is 4.45. The van der Waals surface area contributed by atoms with Crippen LogP contribution in [-0.4, -0.2) is 19.1 Å². The average Bonchev–Trinajstić information content (AvgIpc) is 3.29. The van der Waals surface area contributed by atoms with Crippen molar-refractivity contribution in [3.63, 3.8) is 0 Å². The fourth-order valence-electron chi connectivity index (χ4n) is 4.19. The highest BCUT2D eigenvalue weighted by molar-refractivity contribution is 5.93. The Morgan fingerprint density at radius 2 is 1.93 bits per heavy atom. The van der Waals surface area contributed by atoms with Gasteiger partial charge in [0, 0.05) is 36.4 Å². The first-order chi connectivity index (χ1) is 13.2. The fourth-order valence-corrected chi connectivity index (χ4v) is 4.19. The second-order valence-electron chi connectivity index (χ2n) is 7.21. The Hall–Kier alpha value is -3.15. The maximum atomic E-state index is 12.8. The van der Waals surface area contributed by atoms with E-state index in [9.17, 15) is 4.79 Å². The molecule has 6 heteroatoms. The van der Waals surface area contributed by atoms with Gasteiger partial charge in [-0.25, -0.2) is 9.78 Å². The molecule has 4 aromatic rings. The van der Waals surface area contributed by atoms with Crippen molar-refractivity contribution >= 4 is 33.4 Å². The summed E-state index contributed by atoms with van der Waals surface area (Å²) in [7, 11) is 1.82. The molecule has 0 radical (unpaired) electrons. The Kier molecular flexibility index (Phi) is 3.70. The summed E-state index contributed by atoms with van der Waals surface area (Å²) >= 11 is 0. The number of nitrogens with zero attached hydrogens (tertiary/aromatic N) is 4. The van der Waals surface area contributed by atoms with Crippen LogP contribution in [0.3, 0.4) is 0 Å². The number of fused-ring (bicyclic) bond motifs is 2. The topological polar surface area (TPSA) is 64.7 Å². The van der Waals surface area contributed by atoms with Crippen molar-refractivity contribution in [3.8, 4) is 0 Å². The number of hydrogen-bond donors (Lipinski definition) is 1. The molecule has 1 aliphatic carbocycles. The van der Waals surface area contributed by atoms with Crippen LogP contribution in [0.2, 0.25) is 0 Å². The Labute approximate surface area is 156 Å². The van der Waals surface area contributed by atoms with Gasteiger partial charge in [-0.15, -0.1) is 0 Å². The molecule has 1 aliphatic rings. The SMILES string of the molecule is Cn1c(=O)n(C2CCCC2)c2cc(Nc3cccc4ncccc34)ncc21. The lowest BCUT2D eigenvalue weighted by Gasteiger charge is -2.12. The molecular formula is C21H21N5O. The van der Waals surface area contributed by atoms with Crippen LogP contribution >= 0.6 is 0 Å². The highest BCUT2D eigenvalue weighted by Gasteiger charge is 2.23. The van der Waals surface area contributed by atoms with Crippen LogP contribution in [0, 0.1) is 0 Å². The molecule has 0 amide bonds. The van der Waals surface area contributed by atoms with Crippen LogP contribution in [0.25, 0.3) is 21.9 Å². The third-order valence-electron chi connectivity index (χ3n) is 5.57. The minimum absolute atomic E-state index is 0.0465. The van der Waals surface area contributed by atoms with Crippen molar-refractivity contribution in [1.82, 2.24) is 19.1 Å². The molecule has 0 saturated heterocycles. The van der Waals surface area contributed by atoms with Crippen molar-refractivity contribution in [2.45, 2.75) is 31.7 Å². The maximum Gasteiger partial charge on any atom is 0.329 e. The van der Waals surface area contributed by atoms with Gasteiger partial charge in [-0.05, 0) is 37.1 Å². The van der Waals surface area contributed by atoms with Gasteiger partial charge >= 0.3 is 5.69 Å². The van der Waals surface area contributed by atoms with Gasteiger partial charge in [-0.2, -0.15) is 0 Å². The predicted octanol–water partition coefficient (Wildman–Crippen LogP) is 4.14. The van der Waals surface area contributed by atoms with Gasteiger partial charge in [-0.3, -0.25) is 14.1 Å². The Balaban J connectivity index is 1.62. The normalized spacial score (nSPS) is 15.0. The van der Waals surface area contributed by atoms with Crippen LogP contribution in [0.4, 0.5) is 11.5 Å². The number of imidazole rings is 1. The monoisotopic (exact) mass is 359 g/mol. The zero-order valence-electron chi connectivity index (χ0n) is 15.2. The molecular weight excluding hydrogens is 338 g/mol. The molecule has 1 N–H and O–H groups in total. The van der Waals surface area contributed by atoms with Crippen LogP contribution in [-0.2, 0) is 7.05 Å². The zero-order valence-corrected chi connectivity index (χ0v) is 15.2. The van der Waals surface area contributed by atoms with Crippen molar-refractivity contribution in [3.05, 3.63) is 59.3 Å². The highest BCUT2D eigenvalue weighted by Crippen LogP contribution is 2.32. The van der Waals surface area contributed by atoms with Crippen molar-refractivity contribution < 1.29 is 0 Å².